The Morgan fingerprint density at radius 2 is 2.00 bits per heavy atom. The number of carbonyl (C=O) groups excluding carboxylic acids is 2. The van der Waals surface area contributed by atoms with Crippen LogP contribution in [0.1, 0.15) is 43.0 Å². The lowest BCUT2D eigenvalue weighted by Crippen LogP contribution is -2.42. The van der Waals surface area contributed by atoms with Crippen molar-refractivity contribution in [3.63, 3.8) is 0 Å². The average molecular weight is 343 g/mol. The van der Waals surface area contributed by atoms with Crippen LogP contribution in [0.4, 0.5) is 0 Å². The molecule has 132 valence electrons. The third kappa shape index (κ3) is 4.40. The second kappa shape index (κ2) is 7.87. The van der Waals surface area contributed by atoms with Crippen LogP contribution >= 0.6 is 0 Å². The molecule has 1 heterocycles. The second-order valence-electron chi connectivity index (χ2n) is 6.31. The minimum atomic E-state index is -0.532. The van der Waals surface area contributed by atoms with Gasteiger partial charge in [-0.25, -0.2) is 9.48 Å². The van der Waals surface area contributed by atoms with E-state index in [1.165, 1.54) is 17.4 Å². The number of aromatic nitrogens is 4. The van der Waals surface area contributed by atoms with Gasteiger partial charge in [-0.05, 0) is 53.5 Å². The van der Waals surface area contributed by atoms with Crippen molar-refractivity contribution in [3.05, 3.63) is 36.2 Å². The zero-order valence-corrected chi connectivity index (χ0v) is 14.1. The molecule has 1 aromatic carbocycles. The Labute approximate surface area is 145 Å². The van der Waals surface area contributed by atoms with Gasteiger partial charge in [0.15, 0.2) is 6.61 Å². The highest BCUT2D eigenvalue weighted by atomic mass is 16.5. The van der Waals surface area contributed by atoms with Gasteiger partial charge in [-0.1, -0.05) is 19.8 Å². The van der Waals surface area contributed by atoms with E-state index in [0.29, 0.717) is 11.5 Å². The number of carbonyl (C=O) groups is 2. The number of nitrogens with one attached hydrogen (secondary N) is 1. The molecule has 8 nitrogen and oxygen atoms in total. The minimum Gasteiger partial charge on any atom is -0.452 e. The molecule has 0 radical (unpaired) electrons. The van der Waals surface area contributed by atoms with Crippen LogP contribution in [0.2, 0.25) is 0 Å². The zero-order chi connectivity index (χ0) is 17.6. The third-order valence-electron chi connectivity index (χ3n) is 4.51. The van der Waals surface area contributed by atoms with Gasteiger partial charge in [0.05, 0.1) is 11.3 Å². The fourth-order valence-electron chi connectivity index (χ4n) is 3.02. The van der Waals surface area contributed by atoms with Crippen LogP contribution in [-0.4, -0.2) is 44.7 Å². The summed E-state index contributed by atoms with van der Waals surface area (Å²) in [6, 6.07) is 6.81. The predicted octanol–water partition coefficient (Wildman–Crippen LogP) is 1.51. The van der Waals surface area contributed by atoms with Gasteiger partial charge in [-0.15, -0.1) is 5.10 Å². The van der Waals surface area contributed by atoms with Crippen molar-refractivity contribution in [1.82, 2.24) is 25.5 Å². The molecular formula is C17H21N5O3. The van der Waals surface area contributed by atoms with Crippen LogP contribution in [0.15, 0.2) is 30.6 Å². The number of hydrogen-bond donors (Lipinski definition) is 1. The molecule has 1 aromatic heterocycles. The van der Waals surface area contributed by atoms with Gasteiger partial charge in [0, 0.05) is 6.04 Å². The predicted molar refractivity (Wildman–Crippen MR) is 89.0 cm³/mol. The highest BCUT2D eigenvalue weighted by Gasteiger charge is 2.23. The van der Waals surface area contributed by atoms with Crippen molar-refractivity contribution in [3.8, 4) is 5.69 Å². The van der Waals surface area contributed by atoms with Crippen molar-refractivity contribution in [1.29, 1.82) is 0 Å². The molecule has 0 bridgehead atoms. The van der Waals surface area contributed by atoms with E-state index in [1.54, 1.807) is 24.3 Å². The van der Waals surface area contributed by atoms with Crippen LogP contribution in [-0.2, 0) is 9.53 Å². The standard InChI is InChI=1S/C17H21N5O3/c1-12-4-2-3-5-15(12)19-16(23)10-25-17(24)13-6-8-14(9-7-13)22-11-18-20-21-22/h6-9,11-12,15H,2-5,10H2,1H3,(H,19,23)/t12-,15-/m0/s1. The third-order valence-corrected chi connectivity index (χ3v) is 4.51. The van der Waals surface area contributed by atoms with Crippen molar-refractivity contribution < 1.29 is 14.3 Å². The van der Waals surface area contributed by atoms with E-state index in [0.717, 1.165) is 24.9 Å². The molecule has 1 N–H and O–H groups in total. The van der Waals surface area contributed by atoms with Crippen LogP contribution in [0.3, 0.4) is 0 Å². The van der Waals surface area contributed by atoms with E-state index in [9.17, 15) is 9.59 Å². The Kier molecular flexibility index (Phi) is 5.37. The van der Waals surface area contributed by atoms with E-state index in [4.69, 9.17) is 4.74 Å². The molecule has 1 aliphatic rings. The fraction of sp³-hybridized carbons (Fsp3) is 0.471. The number of tetrazole rings is 1. The van der Waals surface area contributed by atoms with Crippen LogP contribution < -0.4 is 5.32 Å². The maximum atomic E-state index is 12.1. The Balaban J connectivity index is 1.49. The Morgan fingerprint density at radius 1 is 1.24 bits per heavy atom. The molecule has 1 aliphatic carbocycles. The van der Waals surface area contributed by atoms with E-state index < -0.39 is 5.97 Å². The second-order valence-corrected chi connectivity index (χ2v) is 6.31. The first-order valence-electron chi connectivity index (χ1n) is 8.43. The molecule has 2 atom stereocenters. The molecule has 2 aromatic rings. The summed E-state index contributed by atoms with van der Waals surface area (Å²) in [6.07, 6.45) is 5.91. The van der Waals surface area contributed by atoms with E-state index in [-0.39, 0.29) is 18.6 Å². The molecule has 3 rings (SSSR count). The van der Waals surface area contributed by atoms with Crippen molar-refractivity contribution in [2.75, 3.05) is 6.61 Å². The first-order chi connectivity index (χ1) is 12.1. The maximum Gasteiger partial charge on any atom is 0.338 e. The summed E-state index contributed by atoms with van der Waals surface area (Å²) in [4.78, 5) is 24.0. The van der Waals surface area contributed by atoms with E-state index in [1.807, 2.05) is 0 Å². The van der Waals surface area contributed by atoms with Gasteiger partial charge < -0.3 is 10.1 Å². The summed E-state index contributed by atoms with van der Waals surface area (Å²) < 4.78 is 6.58. The highest BCUT2D eigenvalue weighted by Crippen LogP contribution is 2.23. The molecule has 25 heavy (non-hydrogen) atoms. The summed E-state index contributed by atoms with van der Waals surface area (Å²) in [6.45, 7) is 1.87. The van der Waals surface area contributed by atoms with E-state index in [2.05, 4.69) is 27.8 Å². The topological polar surface area (TPSA) is 99.0 Å². The fourth-order valence-corrected chi connectivity index (χ4v) is 3.02. The minimum absolute atomic E-state index is 0.176. The summed E-state index contributed by atoms with van der Waals surface area (Å²) in [5.74, 6) is -0.320. The number of ether oxygens (including phenoxy) is 1. The van der Waals surface area contributed by atoms with Crippen LogP contribution in [0.25, 0.3) is 5.69 Å². The number of hydrogen-bond acceptors (Lipinski definition) is 6. The number of benzene rings is 1. The molecule has 0 spiro atoms. The lowest BCUT2D eigenvalue weighted by molar-refractivity contribution is -0.125. The van der Waals surface area contributed by atoms with Crippen molar-refractivity contribution >= 4 is 11.9 Å². The molecular weight excluding hydrogens is 322 g/mol. The summed E-state index contributed by atoms with van der Waals surface area (Å²) in [5, 5.41) is 13.8. The first kappa shape index (κ1) is 17.1. The molecule has 0 unspecified atom stereocenters. The smallest absolute Gasteiger partial charge is 0.338 e. The highest BCUT2D eigenvalue weighted by molar-refractivity contribution is 5.91. The van der Waals surface area contributed by atoms with Gasteiger partial charge in [0.2, 0.25) is 0 Å². The van der Waals surface area contributed by atoms with Crippen LogP contribution in [0.5, 0.6) is 0 Å². The quantitative estimate of drug-likeness (QED) is 0.826. The van der Waals surface area contributed by atoms with Crippen LogP contribution in [0, 0.1) is 5.92 Å². The lowest BCUT2D eigenvalue weighted by atomic mass is 9.86. The summed E-state index contributed by atoms with van der Waals surface area (Å²) >= 11 is 0. The SMILES string of the molecule is C[C@H]1CCCC[C@@H]1NC(=O)COC(=O)c1ccc(-n2cnnn2)cc1. The Hall–Kier alpha value is -2.77. The number of nitrogens with zero attached hydrogens (tertiary/aromatic N) is 4. The molecule has 1 amide bonds. The van der Waals surface area contributed by atoms with Crippen molar-refractivity contribution in [2.24, 2.45) is 5.92 Å². The Morgan fingerprint density at radius 3 is 2.68 bits per heavy atom. The Bertz CT molecular complexity index is 714. The number of amides is 1. The van der Waals surface area contributed by atoms with E-state index >= 15 is 0 Å². The largest absolute Gasteiger partial charge is 0.452 e. The maximum absolute atomic E-state index is 12.1. The molecule has 0 saturated heterocycles. The first-order valence-corrected chi connectivity index (χ1v) is 8.43. The monoisotopic (exact) mass is 343 g/mol. The molecule has 8 heteroatoms. The summed E-state index contributed by atoms with van der Waals surface area (Å²) in [7, 11) is 0. The summed E-state index contributed by atoms with van der Waals surface area (Å²) in [5.41, 5.74) is 1.10. The number of esters is 1. The average Bonchev–Trinajstić information content (AvgIpc) is 3.16. The number of rotatable bonds is 5. The van der Waals surface area contributed by atoms with Gasteiger partial charge in [-0.2, -0.15) is 0 Å². The van der Waals surface area contributed by atoms with Gasteiger partial charge in [0.25, 0.3) is 5.91 Å². The van der Waals surface area contributed by atoms with Crippen molar-refractivity contribution in [2.45, 2.75) is 38.6 Å². The molecule has 0 aliphatic heterocycles. The molecule has 1 fully saturated rings. The van der Waals surface area contributed by atoms with Gasteiger partial charge >= 0.3 is 5.97 Å². The van der Waals surface area contributed by atoms with Gasteiger partial charge in [-0.3, -0.25) is 4.79 Å². The zero-order valence-electron chi connectivity index (χ0n) is 14.1. The molecule has 1 saturated carbocycles. The normalized spacial score (nSPS) is 20.0. The van der Waals surface area contributed by atoms with Gasteiger partial charge in [0.1, 0.15) is 6.33 Å². The lowest BCUT2D eigenvalue weighted by Gasteiger charge is -2.29.